The van der Waals surface area contributed by atoms with Crippen LogP contribution in [-0.2, 0) is 0 Å². The molecule has 0 radical (unpaired) electrons. The third-order valence-electron chi connectivity index (χ3n) is 6.41. The molecule has 0 aromatic carbocycles. The summed E-state index contributed by atoms with van der Waals surface area (Å²) in [5.74, 6) is 0. The van der Waals surface area contributed by atoms with E-state index < -0.39 is 14.7 Å². The van der Waals surface area contributed by atoms with Crippen molar-refractivity contribution >= 4 is 14.7 Å². The van der Waals surface area contributed by atoms with E-state index in [1.807, 2.05) is 0 Å². The van der Waals surface area contributed by atoms with Crippen molar-refractivity contribution in [3.63, 3.8) is 0 Å². The summed E-state index contributed by atoms with van der Waals surface area (Å²) in [7, 11) is 1.20. The lowest BCUT2D eigenvalue weighted by Gasteiger charge is -2.33. The largest absolute Gasteiger partial charge is 0.226 e. The van der Waals surface area contributed by atoms with E-state index in [0.717, 1.165) is 10.6 Å². The highest BCUT2D eigenvalue weighted by atomic mass is 31.2. The first-order valence-corrected chi connectivity index (χ1v) is 11.8. The minimum absolute atomic E-state index is 0.526. The summed E-state index contributed by atoms with van der Waals surface area (Å²) < 4.78 is 2.75. The van der Waals surface area contributed by atoms with E-state index in [-0.39, 0.29) is 0 Å². The molecule has 1 nitrogen and oxygen atoms in total. The molecule has 3 heteroatoms. The molecule has 5 atom stereocenters. The van der Waals surface area contributed by atoms with Gasteiger partial charge in [0.25, 0.3) is 0 Å². The fourth-order valence-electron chi connectivity index (χ4n) is 4.98. The molecule has 3 saturated heterocycles. The lowest BCUT2D eigenvalue weighted by Crippen LogP contribution is -2.25. The Bertz CT molecular complexity index is 334. The zero-order valence-corrected chi connectivity index (χ0v) is 13.9. The fourth-order valence-corrected chi connectivity index (χ4v) is 20.6. The number of nitrogens with zero attached hydrogens (tertiary/aromatic N) is 1. The summed E-state index contributed by atoms with van der Waals surface area (Å²) >= 11 is 0. The number of rotatable bonds is 2. The Hall–Kier alpha value is 0.820. The Labute approximate surface area is 108 Å². The van der Waals surface area contributed by atoms with Crippen molar-refractivity contribution in [1.82, 2.24) is 4.67 Å². The van der Waals surface area contributed by atoms with Crippen LogP contribution in [0, 0.1) is 0 Å². The summed E-state index contributed by atoms with van der Waals surface area (Å²) in [6.07, 6.45) is 12.5. The summed E-state index contributed by atoms with van der Waals surface area (Å²) in [5, 5.41) is 0. The maximum atomic E-state index is 2.75. The first kappa shape index (κ1) is 12.8. The van der Waals surface area contributed by atoms with Crippen molar-refractivity contribution in [3.8, 4) is 0 Å². The van der Waals surface area contributed by atoms with Gasteiger partial charge in [-0.3, -0.25) is 0 Å². The molecule has 3 fully saturated rings. The molecular formula is C14H29NP2+2. The summed E-state index contributed by atoms with van der Waals surface area (Å²) in [6, 6.07) is 0. The second-order valence-electron chi connectivity index (χ2n) is 6.87. The predicted molar refractivity (Wildman–Crippen MR) is 83.1 cm³/mol. The van der Waals surface area contributed by atoms with Crippen molar-refractivity contribution in [2.24, 2.45) is 0 Å². The van der Waals surface area contributed by atoms with Gasteiger partial charge in [-0.25, -0.2) is 0 Å². The molecule has 0 N–H and O–H groups in total. The van der Waals surface area contributed by atoms with Crippen molar-refractivity contribution in [2.75, 3.05) is 31.8 Å². The Kier molecular flexibility index (Phi) is 2.95. The van der Waals surface area contributed by atoms with Crippen LogP contribution in [0.15, 0.2) is 0 Å². The van der Waals surface area contributed by atoms with Gasteiger partial charge in [-0.05, 0) is 39.5 Å². The molecule has 5 unspecified atom stereocenters. The zero-order chi connectivity index (χ0) is 12.3. The smallest absolute Gasteiger partial charge is 0.139 e. The van der Waals surface area contributed by atoms with Crippen LogP contribution in [0.5, 0.6) is 0 Å². The molecule has 1 spiro atoms. The van der Waals surface area contributed by atoms with Gasteiger partial charge in [0, 0.05) is 14.0 Å². The van der Waals surface area contributed by atoms with Crippen LogP contribution in [0.1, 0.15) is 46.5 Å². The molecular weight excluding hydrogens is 244 g/mol. The van der Waals surface area contributed by atoms with Gasteiger partial charge in [-0.1, -0.05) is 0 Å². The predicted octanol–water partition coefficient (Wildman–Crippen LogP) is 4.55. The molecule has 3 aliphatic rings. The molecule has 0 aromatic rings. The quantitative estimate of drug-likeness (QED) is 0.527. The molecule has 0 amide bonds. The van der Waals surface area contributed by atoms with Gasteiger partial charge in [0.2, 0.25) is 4.90 Å². The van der Waals surface area contributed by atoms with Gasteiger partial charge < -0.3 is 0 Å². The van der Waals surface area contributed by atoms with Crippen molar-refractivity contribution in [3.05, 3.63) is 0 Å². The van der Waals surface area contributed by atoms with Crippen molar-refractivity contribution in [2.45, 2.75) is 57.0 Å². The maximum absolute atomic E-state index is 2.75. The lowest BCUT2D eigenvalue weighted by molar-refractivity contribution is 0.683. The van der Waals surface area contributed by atoms with E-state index in [4.69, 9.17) is 0 Å². The molecule has 0 aromatic heterocycles. The van der Waals surface area contributed by atoms with Gasteiger partial charge in [0.1, 0.15) is 0 Å². The topological polar surface area (TPSA) is 3.01 Å². The Morgan fingerprint density at radius 3 is 2.53 bits per heavy atom. The molecule has 3 rings (SSSR count). The Morgan fingerprint density at radius 1 is 1.29 bits per heavy atom. The number of hydrogen-bond donors (Lipinski definition) is 0. The Morgan fingerprint density at radius 2 is 2.00 bits per heavy atom. The van der Waals surface area contributed by atoms with E-state index in [1.165, 1.54) is 19.1 Å². The molecule has 3 aliphatic heterocycles. The van der Waals surface area contributed by atoms with Crippen LogP contribution in [0.4, 0.5) is 0 Å². The van der Waals surface area contributed by atoms with Gasteiger partial charge in [-0.15, -0.1) is 4.67 Å². The summed E-state index contributed by atoms with van der Waals surface area (Å²) in [5.41, 5.74) is 1.08. The van der Waals surface area contributed by atoms with E-state index in [1.54, 1.807) is 31.3 Å². The lowest BCUT2D eigenvalue weighted by atomic mass is 10.2. The monoisotopic (exact) mass is 273 g/mol. The van der Waals surface area contributed by atoms with Crippen LogP contribution in [-0.4, -0.2) is 47.0 Å². The fraction of sp³-hybridized carbons (Fsp3) is 1.00. The van der Waals surface area contributed by atoms with E-state index in [9.17, 15) is 0 Å². The second kappa shape index (κ2) is 3.91. The van der Waals surface area contributed by atoms with Gasteiger partial charge >= 0.3 is 0 Å². The van der Waals surface area contributed by atoms with E-state index in [2.05, 4.69) is 32.5 Å². The average Bonchev–Trinajstić information content (AvgIpc) is 3.12. The summed E-state index contributed by atoms with van der Waals surface area (Å²) in [6.45, 7) is 7.86. The third-order valence-corrected chi connectivity index (χ3v) is 20.0. The molecule has 0 saturated carbocycles. The van der Waals surface area contributed by atoms with E-state index in [0.29, 0.717) is 0 Å². The number of hydrogen-bond acceptors (Lipinski definition) is 1. The second-order valence-corrected chi connectivity index (χ2v) is 16.4. The van der Waals surface area contributed by atoms with Crippen LogP contribution in [0.25, 0.3) is 0 Å². The molecule has 98 valence electrons. The molecule has 0 aliphatic carbocycles. The van der Waals surface area contributed by atoms with Crippen LogP contribution < -0.4 is 0 Å². The SMILES string of the molecule is CC[P+]1(C2(C)C[P+]23CN3C)CCCCCC1C. The molecule has 3 heterocycles. The minimum Gasteiger partial charge on any atom is -0.139 e. The van der Waals surface area contributed by atoms with Crippen molar-refractivity contribution in [1.29, 1.82) is 0 Å². The molecule has 17 heavy (non-hydrogen) atoms. The van der Waals surface area contributed by atoms with Crippen LogP contribution in [0.3, 0.4) is 0 Å². The highest BCUT2D eigenvalue weighted by Crippen LogP contribution is 3.08. The Balaban J connectivity index is 1.91. The standard InChI is InChI=1S/C14H29NP2/c1-5-16(10-8-6-7-9-13(16)2)14(3)11-17(14)12-15(17)4/h13H,5-12H2,1-4H3/q+2. The first-order chi connectivity index (χ1) is 8.02. The maximum Gasteiger partial charge on any atom is 0.226 e. The van der Waals surface area contributed by atoms with E-state index >= 15 is 0 Å². The van der Waals surface area contributed by atoms with Crippen LogP contribution in [0.2, 0.25) is 0 Å². The van der Waals surface area contributed by atoms with Gasteiger partial charge in [0.15, 0.2) is 19.9 Å². The highest BCUT2D eigenvalue weighted by Gasteiger charge is 2.96. The van der Waals surface area contributed by atoms with Crippen molar-refractivity contribution < 1.29 is 0 Å². The van der Waals surface area contributed by atoms with Gasteiger partial charge in [-0.2, -0.15) is 0 Å². The first-order valence-electron chi connectivity index (χ1n) is 7.48. The zero-order valence-electron chi connectivity index (χ0n) is 12.1. The minimum atomic E-state index is -0.667. The molecule has 0 bridgehead atoms. The van der Waals surface area contributed by atoms with Gasteiger partial charge in [0.05, 0.1) is 25.2 Å². The average molecular weight is 273 g/mol. The third kappa shape index (κ3) is 1.49. The summed E-state index contributed by atoms with van der Waals surface area (Å²) in [4.78, 5) is 0.854. The highest BCUT2D eigenvalue weighted by molar-refractivity contribution is 8.03. The normalized spacial score (nSPS) is 57.9. The van der Waals surface area contributed by atoms with Crippen LogP contribution >= 0.6 is 14.7 Å².